The van der Waals surface area contributed by atoms with Crippen molar-refractivity contribution >= 4 is 11.9 Å². The second kappa shape index (κ2) is 4.80. The largest absolute Gasteiger partial charge is 0.467 e. The number of hydrogen-bond acceptors (Lipinski definition) is 6. The molecule has 0 unspecified atom stereocenters. The highest BCUT2D eigenvalue weighted by Gasteiger charge is 2.51. The predicted molar refractivity (Wildman–Crippen MR) is 52.5 cm³/mol. The number of ether oxygens (including phenoxy) is 4. The third kappa shape index (κ3) is 2.33. The number of rotatable bonds is 3. The molecule has 0 amide bonds. The molecule has 0 aromatic heterocycles. The lowest BCUT2D eigenvalue weighted by Gasteiger charge is -2.20. The van der Waals surface area contributed by atoms with E-state index in [0.717, 1.165) is 0 Å². The molecule has 1 heterocycles. The number of carbonyl (C=O) groups is 2. The number of hydrogen-bond donors (Lipinski definition) is 0. The second-order valence-electron chi connectivity index (χ2n) is 3.61. The van der Waals surface area contributed by atoms with Crippen molar-refractivity contribution in [2.24, 2.45) is 0 Å². The summed E-state index contributed by atoms with van der Waals surface area (Å²) in [5.41, 5.74) is 0. The summed E-state index contributed by atoms with van der Waals surface area (Å²) in [5.74, 6) is -2.25. The fourth-order valence-corrected chi connectivity index (χ4v) is 1.43. The van der Waals surface area contributed by atoms with E-state index >= 15 is 0 Å². The van der Waals surface area contributed by atoms with Crippen molar-refractivity contribution in [2.45, 2.75) is 38.3 Å². The summed E-state index contributed by atoms with van der Waals surface area (Å²) in [5, 5.41) is 0. The molecule has 2 atom stereocenters. The van der Waals surface area contributed by atoms with Gasteiger partial charge in [0.25, 0.3) is 0 Å². The summed E-state index contributed by atoms with van der Waals surface area (Å²) in [6, 6.07) is 0. The molecule has 1 aliphatic rings. The van der Waals surface area contributed by atoms with Crippen LogP contribution in [0.3, 0.4) is 0 Å². The lowest BCUT2D eigenvalue weighted by atomic mass is 10.2. The van der Waals surface area contributed by atoms with Crippen LogP contribution in [0.1, 0.15) is 20.3 Å². The van der Waals surface area contributed by atoms with Crippen LogP contribution in [0.5, 0.6) is 0 Å². The van der Waals surface area contributed by atoms with Crippen molar-refractivity contribution in [3.63, 3.8) is 0 Å². The number of esters is 2. The van der Waals surface area contributed by atoms with Gasteiger partial charge in [-0.25, -0.2) is 9.59 Å². The van der Waals surface area contributed by atoms with Gasteiger partial charge in [-0.1, -0.05) is 6.92 Å². The van der Waals surface area contributed by atoms with Crippen LogP contribution in [0.15, 0.2) is 0 Å². The standard InChI is InChI=1S/C10H16O6/c1-5-10(2)15-6(8(11)13-3)7(16-10)9(12)14-4/h6-7H,5H2,1-4H3/t6-,7-/m0/s1. The molecule has 6 nitrogen and oxygen atoms in total. The van der Waals surface area contributed by atoms with Gasteiger partial charge in [-0.15, -0.1) is 0 Å². The van der Waals surface area contributed by atoms with Crippen molar-refractivity contribution in [1.29, 1.82) is 0 Å². The quantitative estimate of drug-likeness (QED) is 0.649. The molecule has 0 N–H and O–H groups in total. The van der Waals surface area contributed by atoms with E-state index in [9.17, 15) is 9.59 Å². The first-order valence-electron chi connectivity index (χ1n) is 4.98. The second-order valence-corrected chi connectivity index (χ2v) is 3.61. The fourth-order valence-electron chi connectivity index (χ4n) is 1.43. The minimum absolute atomic E-state index is 0.508. The average molecular weight is 232 g/mol. The zero-order chi connectivity index (χ0) is 12.3. The molecule has 0 aliphatic carbocycles. The Morgan fingerprint density at radius 2 is 1.50 bits per heavy atom. The smallest absolute Gasteiger partial charge is 0.338 e. The van der Waals surface area contributed by atoms with Gasteiger partial charge in [0.1, 0.15) is 0 Å². The zero-order valence-corrected chi connectivity index (χ0v) is 9.81. The van der Waals surface area contributed by atoms with Crippen molar-refractivity contribution in [3.05, 3.63) is 0 Å². The first kappa shape index (κ1) is 12.9. The van der Waals surface area contributed by atoms with E-state index in [1.165, 1.54) is 14.2 Å². The summed E-state index contributed by atoms with van der Waals surface area (Å²) in [7, 11) is 2.45. The Kier molecular flexibility index (Phi) is 3.88. The van der Waals surface area contributed by atoms with Gasteiger partial charge in [-0.05, 0) is 13.3 Å². The highest BCUT2D eigenvalue weighted by molar-refractivity contribution is 5.86. The fraction of sp³-hybridized carbons (Fsp3) is 0.800. The van der Waals surface area contributed by atoms with Gasteiger partial charge in [-0.3, -0.25) is 0 Å². The van der Waals surface area contributed by atoms with Crippen LogP contribution in [0, 0.1) is 0 Å². The van der Waals surface area contributed by atoms with Crippen molar-refractivity contribution in [2.75, 3.05) is 14.2 Å². The molecule has 0 aromatic carbocycles. The van der Waals surface area contributed by atoms with Gasteiger partial charge in [-0.2, -0.15) is 0 Å². The van der Waals surface area contributed by atoms with Crippen molar-refractivity contribution in [3.8, 4) is 0 Å². The third-order valence-electron chi connectivity index (χ3n) is 2.54. The first-order chi connectivity index (χ1) is 7.47. The first-order valence-corrected chi connectivity index (χ1v) is 4.98. The lowest BCUT2D eigenvalue weighted by molar-refractivity contribution is -0.180. The van der Waals surface area contributed by atoms with Gasteiger partial charge >= 0.3 is 11.9 Å². The van der Waals surface area contributed by atoms with Crippen LogP contribution in [0.2, 0.25) is 0 Å². The molecule has 1 aliphatic heterocycles. The zero-order valence-electron chi connectivity index (χ0n) is 9.81. The molecule has 0 aromatic rings. The van der Waals surface area contributed by atoms with Crippen molar-refractivity contribution < 1.29 is 28.5 Å². The monoisotopic (exact) mass is 232 g/mol. The van der Waals surface area contributed by atoms with Gasteiger partial charge in [0.15, 0.2) is 18.0 Å². The summed E-state index contributed by atoms with van der Waals surface area (Å²) in [4.78, 5) is 22.8. The third-order valence-corrected chi connectivity index (χ3v) is 2.54. The summed E-state index contributed by atoms with van der Waals surface area (Å²) in [6.07, 6.45) is -1.63. The number of methoxy groups -OCH3 is 2. The maximum Gasteiger partial charge on any atom is 0.338 e. The Labute approximate surface area is 93.8 Å². The molecule has 16 heavy (non-hydrogen) atoms. The SMILES string of the molecule is CCC1(C)O[C@H](C(=O)OC)[C@@H](C(=O)OC)O1. The topological polar surface area (TPSA) is 71.1 Å². The summed E-state index contributed by atoms with van der Waals surface area (Å²) in [6.45, 7) is 3.49. The number of carbonyl (C=O) groups excluding carboxylic acids is 2. The van der Waals surface area contributed by atoms with E-state index in [-0.39, 0.29) is 0 Å². The molecule has 1 fully saturated rings. The molecule has 1 rings (SSSR count). The summed E-state index contributed by atoms with van der Waals surface area (Å²) < 4.78 is 19.9. The van der Waals surface area contributed by atoms with E-state index < -0.39 is 29.9 Å². The average Bonchev–Trinajstić information content (AvgIpc) is 2.66. The molecule has 0 bridgehead atoms. The molecule has 6 heteroatoms. The van der Waals surface area contributed by atoms with Crippen LogP contribution in [0.4, 0.5) is 0 Å². The van der Waals surface area contributed by atoms with Gasteiger partial charge < -0.3 is 18.9 Å². The molecular weight excluding hydrogens is 216 g/mol. The maximum atomic E-state index is 11.4. The van der Waals surface area contributed by atoms with Crippen LogP contribution in [-0.4, -0.2) is 44.2 Å². The normalized spacial score (nSPS) is 27.5. The van der Waals surface area contributed by atoms with Crippen LogP contribution >= 0.6 is 0 Å². The van der Waals surface area contributed by atoms with E-state index in [0.29, 0.717) is 6.42 Å². The minimum Gasteiger partial charge on any atom is -0.467 e. The molecule has 0 saturated carbocycles. The van der Waals surface area contributed by atoms with Crippen LogP contribution < -0.4 is 0 Å². The van der Waals surface area contributed by atoms with E-state index in [4.69, 9.17) is 9.47 Å². The Balaban J connectivity index is 2.87. The van der Waals surface area contributed by atoms with E-state index in [1.807, 2.05) is 6.92 Å². The van der Waals surface area contributed by atoms with Gasteiger partial charge in [0, 0.05) is 0 Å². The molecule has 0 radical (unpaired) electrons. The van der Waals surface area contributed by atoms with Crippen LogP contribution in [0.25, 0.3) is 0 Å². The molecule has 1 saturated heterocycles. The Hall–Kier alpha value is -1.14. The predicted octanol–water partition coefficient (Wildman–Crippen LogP) is 0.243. The van der Waals surface area contributed by atoms with E-state index in [2.05, 4.69) is 9.47 Å². The Morgan fingerprint density at radius 1 is 1.12 bits per heavy atom. The Bertz CT molecular complexity index is 263. The molecule has 92 valence electrons. The molecular formula is C10H16O6. The maximum absolute atomic E-state index is 11.4. The highest BCUT2D eigenvalue weighted by atomic mass is 16.8. The van der Waals surface area contributed by atoms with Gasteiger partial charge in [0.05, 0.1) is 14.2 Å². The van der Waals surface area contributed by atoms with E-state index in [1.54, 1.807) is 6.92 Å². The highest BCUT2D eigenvalue weighted by Crippen LogP contribution is 2.32. The van der Waals surface area contributed by atoms with Crippen LogP contribution in [-0.2, 0) is 28.5 Å². The lowest BCUT2D eigenvalue weighted by Crippen LogP contribution is -2.38. The molecule has 0 spiro atoms. The Morgan fingerprint density at radius 3 is 1.75 bits per heavy atom. The summed E-state index contributed by atoms with van der Waals surface area (Å²) >= 11 is 0. The van der Waals surface area contributed by atoms with Crippen molar-refractivity contribution in [1.82, 2.24) is 0 Å². The minimum atomic E-state index is -1.07. The van der Waals surface area contributed by atoms with Gasteiger partial charge in [0.2, 0.25) is 0 Å².